The Labute approximate surface area is 130 Å². The first-order valence-corrected chi connectivity index (χ1v) is 7.56. The number of hydrogen-bond donors (Lipinski definition) is 0. The number of para-hydroxylation sites is 1. The van der Waals surface area contributed by atoms with Crippen molar-refractivity contribution in [3.05, 3.63) is 60.4 Å². The third kappa shape index (κ3) is 2.48. The van der Waals surface area contributed by atoms with Crippen molar-refractivity contribution in [3.63, 3.8) is 0 Å². The van der Waals surface area contributed by atoms with Gasteiger partial charge in [-0.25, -0.2) is 4.98 Å². The van der Waals surface area contributed by atoms with E-state index in [1.165, 1.54) is 0 Å². The minimum absolute atomic E-state index is 0.0566. The summed E-state index contributed by atoms with van der Waals surface area (Å²) in [4.78, 5) is 18.7. The standard InChI is InChI=1S/C18H19N3O/c1-3-20(4-2)18(22)14-10-11-17-16(12-14)19-13-21(17)15-8-6-5-7-9-15/h5-13H,3-4H2,1-2H3. The summed E-state index contributed by atoms with van der Waals surface area (Å²) in [7, 11) is 0. The summed E-state index contributed by atoms with van der Waals surface area (Å²) in [6.07, 6.45) is 1.80. The van der Waals surface area contributed by atoms with Gasteiger partial charge in [-0.15, -0.1) is 0 Å². The Morgan fingerprint density at radius 2 is 1.82 bits per heavy atom. The van der Waals surface area contributed by atoms with E-state index in [0.29, 0.717) is 18.7 Å². The van der Waals surface area contributed by atoms with E-state index >= 15 is 0 Å². The van der Waals surface area contributed by atoms with E-state index in [1.807, 2.05) is 71.8 Å². The van der Waals surface area contributed by atoms with Crippen LogP contribution in [-0.4, -0.2) is 33.4 Å². The summed E-state index contributed by atoms with van der Waals surface area (Å²) in [6.45, 7) is 5.41. The zero-order valence-corrected chi connectivity index (χ0v) is 12.9. The molecule has 0 radical (unpaired) electrons. The minimum Gasteiger partial charge on any atom is -0.339 e. The highest BCUT2D eigenvalue weighted by Gasteiger charge is 2.14. The first-order chi connectivity index (χ1) is 10.7. The summed E-state index contributed by atoms with van der Waals surface area (Å²) in [6, 6.07) is 15.8. The van der Waals surface area contributed by atoms with Gasteiger partial charge in [0, 0.05) is 24.3 Å². The van der Waals surface area contributed by atoms with Gasteiger partial charge in [-0.1, -0.05) is 18.2 Å². The van der Waals surface area contributed by atoms with Crippen molar-refractivity contribution in [1.82, 2.24) is 14.5 Å². The van der Waals surface area contributed by atoms with Crippen LogP contribution in [0.5, 0.6) is 0 Å². The highest BCUT2D eigenvalue weighted by atomic mass is 16.2. The van der Waals surface area contributed by atoms with Crippen LogP contribution in [0.2, 0.25) is 0 Å². The number of aromatic nitrogens is 2. The Hall–Kier alpha value is -2.62. The molecule has 0 saturated heterocycles. The number of fused-ring (bicyclic) bond motifs is 1. The molecule has 3 rings (SSSR count). The normalized spacial score (nSPS) is 10.8. The third-order valence-electron chi connectivity index (χ3n) is 3.88. The molecule has 22 heavy (non-hydrogen) atoms. The number of nitrogens with zero attached hydrogens (tertiary/aromatic N) is 3. The molecular weight excluding hydrogens is 274 g/mol. The van der Waals surface area contributed by atoms with Crippen LogP contribution in [0.15, 0.2) is 54.9 Å². The van der Waals surface area contributed by atoms with E-state index in [1.54, 1.807) is 6.33 Å². The van der Waals surface area contributed by atoms with Crippen LogP contribution in [0.25, 0.3) is 16.7 Å². The van der Waals surface area contributed by atoms with Crippen molar-refractivity contribution in [2.24, 2.45) is 0 Å². The van der Waals surface area contributed by atoms with E-state index in [2.05, 4.69) is 4.98 Å². The van der Waals surface area contributed by atoms with Gasteiger partial charge in [0.15, 0.2) is 0 Å². The molecule has 0 saturated carbocycles. The lowest BCUT2D eigenvalue weighted by Crippen LogP contribution is -2.30. The summed E-state index contributed by atoms with van der Waals surface area (Å²) in [5.74, 6) is 0.0566. The second-order valence-corrected chi connectivity index (χ2v) is 5.13. The van der Waals surface area contributed by atoms with Gasteiger partial charge in [-0.05, 0) is 44.2 Å². The maximum absolute atomic E-state index is 12.4. The van der Waals surface area contributed by atoms with Gasteiger partial charge in [0.25, 0.3) is 5.91 Å². The maximum Gasteiger partial charge on any atom is 0.253 e. The minimum atomic E-state index is 0.0566. The monoisotopic (exact) mass is 293 g/mol. The molecule has 0 aliphatic heterocycles. The first-order valence-electron chi connectivity index (χ1n) is 7.56. The SMILES string of the molecule is CCN(CC)C(=O)c1ccc2c(c1)ncn2-c1ccccc1. The van der Waals surface area contributed by atoms with Crippen molar-refractivity contribution >= 4 is 16.9 Å². The smallest absolute Gasteiger partial charge is 0.253 e. The fourth-order valence-corrected chi connectivity index (χ4v) is 2.63. The molecular formula is C18H19N3O. The van der Waals surface area contributed by atoms with Crippen LogP contribution in [0, 0.1) is 0 Å². The van der Waals surface area contributed by atoms with Gasteiger partial charge in [-0.3, -0.25) is 9.36 Å². The number of amides is 1. The lowest BCUT2D eigenvalue weighted by molar-refractivity contribution is 0.0773. The van der Waals surface area contributed by atoms with Gasteiger partial charge < -0.3 is 4.90 Å². The van der Waals surface area contributed by atoms with E-state index in [0.717, 1.165) is 16.7 Å². The van der Waals surface area contributed by atoms with Crippen LogP contribution < -0.4 is 0 Å². The van der Waals surface area contributed by atoms with Crippen LogP contribution in [-0.2, 0) is 0 Å². The molecule has 0 unspecified atom stereocenters. The second kappa shape index (κ2) is 6.02. The van der Waals surface area contributed by atoms with E-state index in [4.69, 9.17) is 0 Å². The number of rotatable bonds is 4. The summed E-state index contributed by atoms with van der Waals surface area (Å²) in [5.41, 5.74) is 3.59. The fourth-order valence-electron chi connectivity index (χ4n) is 2.63. The molecule has 0 fully saturated rings. The van der Waals surface area contributed by atoms with Gasteiger partial charge in [0.2, 0.25) is 0 Å². The molecule has 0 spiro atoms. The summed E-state index contributed by atoms with van der Waals surface area (Å²) >= 11 is 0. The molecule has 3 aromatic rings. The molecule has 1 aromatic heterocycles. The van der Waals surface area contributed by atoms with Crippen LogP contribution >= 0.6 is 0 Å². The lowest BCUT2D eigenvalue weighted by Gasteiger charge is -2.18. The van der Waals surface area contributed by atoms with Crippen molar-refractivity contribution in [3.8, 4) is 5.69 Å². The third-order valence-corrected chi connectivity index (χ3v) is 3.88. The molecule has 0 bridgehead atoms. The highest BCUT2D eigenvalue weighted by Crippen LogP contribution is 2.20. The Bertz CT molecular complexity index is 788. The van der Waals surface area contributed by atoms with E-state index < -0.39 is 0 Å². The van der Waals surface area contributed by atoms with Crippen LogP contribution in [0.4, 0.5) is 0 Å². The Kier molecular flexibility index (Phi) is 3.92. The second-order valence-electron chi connectivity index (χ2n) is 5.13. The topological polar surface area (TPSA) is 38.1 Å². The molecule has 1 heterocycles. The Balaban J connectivity index is 2.01. The largest absolute Gasteiger partial charge is 0.339 e. The molecule has 0 atom stereocenters. The molecule has 112 valence electrons. The molecule has 4 heteroatoms. The molecule has 0 aliphatic carbocycles. The number of carbonyl (C=O) groups is 1. The highest BCUT2D eigenvalue weighted by molar-refractivity contribution is 5.97. The first kappa shape index (κ1) is 14.3. The van der Waals surface area contributed by atoms with Crippen molar-refractivity contribution in [2.45, 2.75) is 13.8 Å². The Morgan fingerprint density at radius 1 is 1.09 bits per heavy atom. The van der Waals surface area contributed by atoms with Crippen molar-refractivity contribution < 1.29 is 4.79 Å². The average Bonchev–Trinajstić information content (AvgIpc) is 2.99. The zero-order valence-electron chi connectivity index (χ0n) is 12.9. The van der Waals surface area contributed by atoms with Crippen LogP contribution in [0.3, 0.4) is 0 Å². The van der Waals surface area contributed by atoms with E-state index in [-0.39, 0.29) is 5.91 Å². The molecule has 0 aliphatic rings. The van der Waals surface area contributed by atoms with Gasteiger partial charge in [0.05, 0.1) is 11.0 Å². The number of hydrogen-bond acceptors (Lipinski definition) is 2. The predicted molar refractivity (Wildman–Crippen MR) is 88.3 cm³/mol. The molecule has 2 aromatic carbocycles. The summed E-state index contributed by atoms with van der Waals surface area (Å²) < 4.78 is 2.03. The van der Waals surface area contributed by atoms with Crippen molar-refractivity contribution in [2.75, 3.05) is 13.1 Å². The lowest BCUT2D eigenvalue weighted by atomic mass is 10.1. The van der Waals surface area contributed by atoms with E-state index in [9.17, 15) is 4.79 Å². The maximum atomic E-state index is 12.4. The number of benzene rings is 2. The summed E-state index contributed by atoms with van der Waals surface area (Å²) in [5, 5.41) is 0. The number of carbonyl (C=O) groups excluding carboxylic acids is 1. The van der Waals surface area contributed by atoms with Gasteiger partial charge in [-0.2, -0.15) is 0 Å². The molecule has 4 nitrogen and oxygen atoms in total. The average molecular weight is 293 g/mol. The fraction of sp³-hybridized carbons (Fsp3) is 0.222. The molecule has 0 N–H and O–H groups in total. The van der Waals surface area contributed by atoms with Crippen LogP contribution in [0.1, 0.15) is 24.2 Å². The quantitative estimate of drug-likeness (QED) is 0.738. The Morgan fingerprint density at radius 3 is 2.50 bits per heavy atom. The zero-order chi connectivity index (χ0) is 15.5. The van der Waals surface area contributed by atoms with Gasteiger partial charge >= 0.3 is 0 Å². The predicted octanol–water partition coefficient (Wildman–Crippen LogP) is 3.51. The van der Waals surface area contributed by atoms with Gasteiger partial charge in [0.1, 0.15) is 6.33 Å². The number of imidazole rings is 1. The van der Waals surface area contributed by atoms with Crippen molar-refractivity contribution in [1.29, 1.82) is 0 Å². The molecule has 1 amide bonds.